The summed E-state index contributed by atoms with van der Waals surface area (Å²) < 4.78 is 64.8. The van der Waals surface area contributed by atoms with E-state index in [1.807, 2.05) is 0 Å². The quantitative estimate of drug-likeness (QED) is 0.686. The van der Waals surface area contributed by atoms with E-state index in [1.54, 1.807) is 10.2 Å². The Kier molecular flexibility index (Phi) is 6.46. The topological polar surface area (TPSA) is 95.6 Å². The number of hydrogen-bond acceptors (Lipinski definition) is 4. The van der Waals surface area contributed by atoms with E-state index < -0.39 is 22.1 Å². The number of rotatable bonds is 5. The fraction of sp³-hybridized carbons (Fsp3) is 0.263. The largest absolute Gasteiger partial charge is 0.471 e. The Morgan fingerprint density at radius 2 is 1.61 bits per heavy atom. The van der Waals surface area contributed by atoms with E-state index in [1.165, 1.54) is 18.2 Å². The first-order valence-electron chi connectivity index (χ1n) is 9.07. The summed E-state index contributed by atoms with van der Waals surface area (Å²) in [6.45, 7) is 1.12. The molecule has 2 amide bonds. The Morgan fingerprint density at radius 3 is 2.19 bits per heavy atom. The Morgan fingerprint density at radius 1 is 1.00 bits per heavy atom. The molecule has 31 heavy (non-hydrogen) atoms. The SMILES string of the molecule is O=C(c1cc(Cl)ccc1NS(=O)(=O)c1ccc(NC(=O)C(F)(F)F)cc1)N1CCCC1. The van der Waals surface area contributed by atoms with Crippen LogP contribution in [-0.2, 0) is 14.8 Å². The lowest BCUT2D eigenvalue weighted by Gasteiger charge is -2.19. The van der Waals surface area contributed by atoms with Crippen molar-refractivity contribution in [2.45, 2.75) is 23.9 Å². The molecule has 1 heterocycles. The third-order valence-corrected chi connectivity index (χ3v) is 6.15. The van der Waals surface area contributed by atoms with Gasteiger partial charge >= 0.3 is 12.1 Å². The minimum absolute atomic E-state index is 0.0238. The van der Waals surface area contributed by atoms with E-state index in [4.69, 9.17) is 11.6 Å². The lowest BCUT2D eigenvalue weighted by Crippen LogP contribution is -2.30. The van der Waals surface area contributed by atoms with Crippen molar-refractivity contribution in [3.05, 3.63) is 53.1 Å². The number of anilines is 2. The summed E-state index contributed by atoms with van der Waals surface area (Å²) in [5.74, 6) is -2.53. The maximum absolute atomic E-state index is 12.8. The van der Waals surface area contributed by atoms with Crippen molar-refractivity contribution in [2.75, 3.05) is 23.1 Å². The lowest BCUT2D eigenvalue weighted by molar-refractivity contribution is -0.167. The summed E-state index contributed by atoms with van der Waals surface area (Å²) in [5, 5.41) is 1.89. The summed E-state index contributed by atoms with van der Waals surface area (Å²) in [6.07, 6.45) is -3.37. The highest BCUT2D eigenvalue weighted by atomic mass is 35.5. The second kappa shape index (κ2) is 8.75. The van der Waals surface area contributed by atoms with Crippen molar-refractivity contribution in [1.29, 1.82) is 0 Å². The van der Waals surface area contributed by atoms with E-state index in [9.17, 15) is 31.2 Å². The van der Waals surface area contributed by atoms with Gasteiger partial charge in [-0.15, -0.1) is 0 Å². The number of alkyl halides is 3. The molecule has 1 aliphatic heterocycles. The lowest BCUT2D eigenvalue weighted by atomic mass is 10.1. The first-order chi connectivity index (χ1) is 14.5. The van der Waals surface area contributed by atoms with E-state index in [-0.39, 0.29) is 32.8 Å². The van der Waals surface area contributed by atoms with Crippen LogP contribution in [0.15, 0.2) is 47.4 Å². The predicted octanol–water partition coefficient (Wildman–Crippen LogP) is 3.88. The van der Waals surface area contributed by atoms with Crippen LogP contribution < -0.4 is 10.0 Å². The molecular weight excluding hydrogens is 459 g/mol. The number of nitrogens with one attached hydrogen (secondary N) is 2. The molecule has 0 spiro atoms. The van der Waals surface area contributed by atoms with Crippen molar-refractivity contribution in [3.63, 3.8) is 0 Å². The normalized spacial score (nSPS) is 14.4. The molecule has 0 atom stereocenters. The van der Waals surface area contributed by atoms with Gasteiger partial charge < -0.3 is 10.2 Å². The van der Waals surface area contributed by atoms with Gasteiger partial charge in [-0.25, -0.2) is 8.42 Å². The summed E-state index contributed by atoms with van der Waals surface area (Å²) in [6, 6.07) is 8.28. The zero-order chi connectivity index (χ0) is 22.8. The van der Waals surface area contributed by atoms with Crippen molar-refractivity contribution in [3.8, 4) is 0 Å². The second-order valence-electron chi connectivity index (χ2n) is 6.77. The Balaban J connectivity index is 1.82. The molecule has 166 valence electrons. The first kappa shape index (κ1) is 22.9. The number of likely N-dealkylation sites (tertiary alicyclic amines) is 1. The predicted molar refractivity (Wildman–Crippen MR) is 109 cm³/mol. The summed E-state index contributed by atoms with van der Waals surface area (Å²) in [5.41, 5.74) is -0.111. The Bertz CT molecular complexity index is 1100. The van der Waals surface area contributed by atoms with Gasteiger partial charge in [0.05, 0.1) is 16.1 Å². The smallest absolute Gasteiger partial charge is 0.339 e. The van der Waals surface area contributed by atoms with Crippen molar-refractivity contribution in [1.82, 2.24) is 4.90 Å². The number of carbonyl (C=O) groups is 2. The van der Waals surface area contributed by atoms with Gasteiger partial charge in [-0.2, -0.15) is 13.2 Å². The van der Waals surface area contributed by atoms with Gasteiger partial charge in [0.15, 0.2) is 0 Å². The molecule has 1 saturated heterocycles. The highest BCUT2D eigenvalue weighted by molar-refractivity contribution is 7.92. The zero-order valence-corrected chi connectivity index (χ0v) is 17.4. The van der Waals surface area contributed by atoms with Crippen LogP contribution in [0.2, 0.25) is 5.02 Å². The molecule has 2 aromatic rings. The first-order valence-corrected chi connectivity index (χ1v) is 10.9. The number of carbonyl (C=O) groups excluding carboxylic acids is 2. The molecule has 0 unspecified atom stereocenters. The molecule has 1 aliphatic rings. The molecule has 0 radical (unpaired) electrons. The van der Waals surface area contributed by atoms with Crippen LogP contribution in [0.1, 0.15) is 23.2 Å². The minimum Gasteiger partial charge on any atom is -0.339 e. The molecule has 1 fully saturated rings. The molecule has 7 nitrogen and oxygen atoms in total. The minimum atomic E-state index is -5.07. The van der Waals surface area contributed by atoms with Crippen LogP contribution in [0, 0.1) is 0 Å². The van der Waals surface area contributed by atoms with Crippen molar-refractivity contribution >= 4 is 44.8 Å². The van der Waals surface area contributed by atoms with Crippen molar-refractivity contribution in [2.24, 2.45) is 0 Å². The van der Waals surface area contributed by atoms with Crippen LogP contribution in [0.5, 0.6) is 0 Å². The molecule has 3 rings (SSSR count). The van der Waals surface area contributed by atoms with Gasteiger partial charge in [-0.1, -0.05) is 11.6 Å². The molecule has 12 heteroatoms. The number of amides is 2. The number of hydrogen-bond donors (Lipinski definition) is 2. The van der Waals surface area contributed by atoms with Gasteiger partial charge in [-0.05, 0) is 55.3 Å². The van der Waals surface area contributed by atoms with Gasteiger partial charge in [0.2, 0.25) is 0 Å². The molecule has 0 aliphatic carbocycles. The molecule has 0 aromatic heterocycles. The standard InChI is InChI=1S/C19H17ClF3N3O4S/c20-12-3-8-16(15(11-12)17(27)26-9-1-2-10-26)25-31(29,30)14-6-4-13(5-7-14)24-18(28)19(21,22)23/h3-8,11,25H,1-2,9-10H2,(H,24,28). The molecule has 0 bridgehead atoms. The average Bonchev–Trinajstić information content (AvgIpc) is 3.23. The summed E-state index contributed by atoms with van der Waals surface area (Å²) in [4.78, 5) is 25.1. The zero-order valence-electron chi connectivity index (χ0n) is 15.9. The Hall–Kier alpha value is -2.79. The Labute approximate surface area is 181 Å². The van der Waals surface area contributed by atoms with Gasteiger partial charge in [0.25, 0.3) is 15.9 Å². The highest BCUT2D eigenvalue weighted by Gasteiger charge is 2.38. The summed E-state index contributed by atoms with van der Waals surface area (Å²) in [7, 11) is -4.18. The maximum Gasteiger partial charge on any atom is 0.471 e. The van der Waals surface area contributed by atoms with E-state index in [0.29, 0.717) is 13.1 Å². The monoisotopic (exact) mass is 475 g/mol. The molecule has 0 saturated carbocycles. The van der Waals surface area contributed by atoms with Crippen LogP contribution in [-0.4, -0.2) is 44.4 Å². The van der Waals surface area contributed by atoms with Crippen LogP contribution in [0.25, 0.3) is 0 Å². The fourth-order valence-corrected chi connectivity index (χ4v) is 4.25. The number of sulfonamides is 1. The fourth-order valence-electron chi connectivity index (χ4n) is 3.00. The van der Waals surface area contributed by atoms with Gasteiger partial charge in [0.1, 0.15) is 0 Å². The van der Waals surface area contributed by atoms with E-state index >= 15 is 0 Å². The van der Waals surface area contributed by atoms with Crippen LogP contribution in [0.4, 0.5) is 24.5 Å². The summed E-state index contributed by atoms with van der Waals surface area (Å²) >= 11 is 5.98. The third kappa shape index (κ3) is 5.47. The number of nitrogens with zero attached hydrogens (tertiary/aromatic N) is 1. The average molecular weight is 476 g/mol. The number of halogens is 4. The highest BCUT2D eigenvalue weighted by Crippen LogP contribution is 2.27. The number of benzene rings is 2. The molecule has 2 N–H and O–H groups in total. The van der Waals surface area contributed by atoms with Crippen LogP contribution >= 0.6 is 11.6 Å². The van der Waals surface area contributed by atoms with E-state index in [0.717, 1.165) is 37.1 Å². The molecular formula is C19H17ClF3N3O4S. The van der Waals surface area contributed by atoms with Gasteiger partial charge in [0, 0.05) is 23.8 Å². The molecule has 2 aromatic carbocycles. The van der Waals surface area contributed by atoms with E-state index in [2.05, 4.69) is 4.72 Å². The second-order valence-corrected chi connectivity index (χ2v) is 8.89. The van der Waals surface area contributed by atoms with Crippen molar-refractivity contribution < 1.29 is 31.2 Å². The van der Waals surface area contributed by atoms with Gasteiger partial charge in [-0.3, -0.25) is 14.3 Å². The maximum atomic E-state index is 12.8. The third-order valence-electron chi connectivity index (χ3n) is 4.53. The van der Waals surface area contributed by atoms with Crippen LogP contribution in [0.3, 0.4) is 0 Å².